The maximum Gasteiger partial charge on any atom is 0.221 e. The minimum absolute atomic E-state index is 0.0534. The lowest BCUT2D eigenvalue weighted by atomic mass is 9.77. The maximum absolute atomic E-state index is 10.9. The van der Waals surface area contributed by atoms with Crippen LogP contribution in [0.3, 0.4) is 0 Å². The topological polar surface area (TPSA) is 41.6 Å². The third-order valence-corrected chi connectivity index (χ3v) is 4.41. The Balaban J connectivity index is 1.40. The lowest BCUT2D eigenvalue weighted by Gasteiger charge is -2.28. The molecule has 1 aliphatic heterocycles. The Morgan fingerprint density at radius 1 is 1.25 bits per heavy atom. The van der Waals surface area contributed by atoms with Gasteiger partial charge >= 0.3 is 0 Å². The Labute approximate surface area is 120 Å². The van der Waals surface area contributed by atoms with Crippen LogP contribution in [0, 0.1) is 11.8 Å². The summed E-state index contributed by atoms with van der Waals surface area (Å²) < 4.78 is 5.76. The Morgan fingerprint density at radius 2 is 1.90 bits per heavy atom. The van der Waals surface area contributed by atoms with E-state index in [-0.39, 0.29) is 5.91 Å². The van der Waals surface area contributed by atoms with Crippen LogP contribution >= 0.6 is 0 Å². The molecular formula is C16H22N2O2. The molecule has 2 aliphatic rings. The van der Waals surface area contributed by atoms with Crippen LogP contribution in [0.1, 0.15) is 19.8 Å². The second kappa shape index (κ2) is 5.83. The smallest absolute Gasteiger partial charge is 0.221 e. The van der Waals surface area contributed by atoms with Gasteiger partial charge in [0.05, 0.1) is 0 Å². The van der Waals surface area contributed by atoms with Crippen molar-refractivity contribution in [1.82, 2.24) is 4.90 Å². The fourth-order valence-electron chi connectivity index (χ4n) is 3.17. The molecule has 1 saturated carbocycles. The van der Waals surface area contributed by atoms with Crippen molar-refractivity contribution >= 4 is 11.6 Å². The van der Waals surface area contributed by atoms with Crippen molar-refractivity contribution in [3.05, 3.63) is 24.3 Å². The number of rotatable bonds is 5. The number of anilines is 1. The van der Waals surface area contributed by atoms with Crippen LogP contribution in [-0.2, 0) is 4.79 Å². The highest BCUT2D eigenvalue weighted by Crippen LogP contribution is 2.40. The van der Waals surface area contributed by atoms with Crippen molar-refractivity contribution < 1.29 is 9.53 Å². The van der Waals surface area contributed by atoms with Crippen LogP contribution in [0.4, 0.5) is 5.69 Å². The van der Waals surface area contributed by atoms with Gasteiger partial charge < -0.3 is 10.1 Å². The molecule has 1 saturated heterocycles. The van der Waals surface area contributed by atoms with Crippen LogP contribution in [0.2, 0.25) is 0 Å². The Hall–Kier alpha value is -1.55. The predicted molar refractivity (Wildman–Crippen MR) is 78.9 cm³/mol. The molecule has 0 bridgehead atoms. The fourth-order valence-corrected chi connectivity index (χ4v) is 3.17. The van der Waals surface area contributed by atoms with Crippen LogP contribution in [-0.4, -0.2) is 37.0 Å². The van der Waals surface area contributed by atoms with Crippen molar-refractivity contribution in [1.29, 1.82) is 0 Å². The van der Waals surface area contributed by atoms with Gasteiger partial charge in [0.2, 0.25) is 5.91 Å². The van der Waals surface area contributed by atoms with Crippen LogP contribution < -0.4 is 10.1 Å². The van der Waals surface area contributed by atoms with Gasteiger partial charge in [-0.1, -0.05) is 0 Å². The van der Waals surface area contributed by atoms with Gasteiger partial charge in [-0.15, -0.1) is 0 Å². The van der Waals surface area contributed by atoms with Gasteiger partial charge in [0.25, 0.3) is 0 Å². The zero-order valence-corrected chi connectivity index (χ0v) is 12.0. The Morgan fingerprint density at radius 3 is 2.45 bits per heavy atom. The zero-order chi connectivity index (χ0) is 13.9. The molecule has 1 amide bonds. The molecule has 4 nitrogen and oxygen atoms in total. The van der Waals surface area contributed by atoms with Gasteiger partial charge in [-0.3, -0.25) is 9.69 Å². The molecule has 0 aromatic heterocycles. The number of fused-ring (bicyclic) bond motifs is 1. The normalized spacial score (nSPS) is 24.9. The fraction of sp³-hybridized carbons (Fsp3) is 0.562. The lowest BCUT2D eigenvalue weighted by Crippen LogP contribution is -2.26. The number of hydrogen-bond donors (Lipinski definition) is 1. The van der Waals surface area contributed by atoms with E-state index in [4.69, 9.17) is 4.74 Å². The molecule has 0 spiro atoms. The molecule has 1 aliphatic carbocycles. The molecule has 1 aromatic rings. The SMILES string of the molecule is CC(=O)Nc1ccc(OCCN2C[C@H]3CC[C@H]3C2)cc1. The Bertz CT molecular complexity index is 460. The lowest BCUT2D eigenvalue weighted by molar-refractivity contribution is -0.114. The summed E-state index contributed by atoms with van der Waals surface area (Å²) in [4.78, 5) is 13.4. The molecule has 2 fully saturated rings. The van der Waals surface area contributed by atoms with Crippen molar-refractivity contribution in [2.75, 3.05) is 31.6 Å². The van der Waals surface area contributed by atoms with E-state index >= 15 is 0 Å². The summed E-state index contributed by atoms with van der Waals surface area (Å²) in [6, 6.07) is 7.54. The van der Waals surface area contributed by atoms with Crippen LogP contribution in [0.25, 0.3) is 0 Å². The average molecular weight is 274 g/mol. The van der Waals surface area contributed by atoms with Crippen molar-refractivity contribution in [2.45, 2.75) is 19.8 Å². The molecule has 3 rings (SSSR count). The summed E-state index contributed by atoms with van der Waals surface area (Å²) in [5.41, 5.74) is 0.806. The first-order valence-electron chi connectivity index (χ1n) is 7.43. The summed E-state index contributed by atoms with van der Waals surface area (Å²) >= 11 is 0. The number of benzene rings is 1. The van der Waals surface area contributed by atoms with Gasteiger partial charge in [0.1, 0.15) is 12.4 Å². The van der Waals surface area contributed by atoms with Crippen molar-refractivity contribution in [2.24, 2.45) is 11.8 Å². The molecule has 1 aromatic carbocycles. The second-order valence-electron chi connectivity index (χ2n) is 5.91. The van der Waals surface area contributed by atoms with Gasteiger partial charge in [0.15, 0.2) is 0 Å². The predicted octanol–water partition coefficient (Wildman–Crippen LogP) is 2.37. The number of ether oxygens (including phenoxy) is 1. The van der Waals surface area contributed by atoms with E-state index < -0.39 is 0 Å². The number of nitrogens with zero attached hydrogens (tertiary/aromatic N) is 1. The minimum Gasteiger partial charge on any atom is -0.492 e. The zero-order valence-electron chi connectivity index (χ0n) is 12.0. The molecule has 108 valence electrons. The van der Waals surface area contributed by atoms with Crippen molar-refractivity contribution in [3.8, 4) is 5.75 Å². The highest BCUT2D eigenvalue weighted by molar-refractivity contribution is 5.88. The molecule has 20 heavy (non-hydrogen) atoms. The van der Waals surface area contributed by atoms with Gasteiger partial charge in [0, 0.05) is 32.2 Å². The summed E-state index contributed by atoms with van der Waals surface area (Å²) in [5, 5.41) is 2.75. The number of likely N-dealkylation sites (tertiary alicyclic amines) is 1. The Kier molecular flexibility index (Phi) is 3.92. The number of amides is 1. The highest BCUT2D eigenvalue weighted by Gasteiger charge is 2.38. The molecule has 2 atom stereocenters. The molecule has 0 unspecified atom stereocenters. The molecule has 0 radical (unpaired) electrons. The molecular weight excluding hydrogens is 252 g/mol. The second-order valence-corrected chi connectivity index (χ2v) is 5.91. The number of nitrogens with one attached hydrogen (secondary N) is 1. The number of carbonyl (C=O) groups is 1. The standard InChI is InChI=1S/C16H22N2O2/c1-12(19)17-15-4-6-16(7-5-15)20-9-8-18-10-13-2-3-14(13)11-18/h4-7,13-14H,2-3,8-11H2,1H3,(H,17,19)/t13-,14+. The van der Waals surface area contributed by atoms with Crippen molar-refractivity contribution in [3.63, 3.8) is 0 Å². The average Bonchev–Trinajstić information content (AvgIpc) is 2.67. The van der Waals surface area contributed by atoms with E-state index in [1.54, 1.807) is 0 Å². The maximum atomic E-state index is 10.9. The molecule has 1 N–H and O–H groups in total. The quantitative estimate of drug-likeness (QED) is 0.896. The minimum atomic E-state index is -0.0534. The van der Waals surface area contributed by atoms with E-state index in [0.29, 0.717) is 0 Å². The molecule has 1 heterocycles. The number of hydrogen-bond acceptors (Lipinski definition) is 3. The summed E-state index contributed by atoms with van der Waals surface area (Å²) in [6.45, 7) is 5.78. The first-order chi connectivity index (χ1) is 9.70. The van der Waals surface area contributed by atoms with E-state index in [9.17, 15) is 4.79 Å². The summed E-state index contributed by atoms with van der Waals surface area (Å²) in [6.07, 6.45) is 2.85. The number of carbonyl (C=O) groups excluding carboxylic acids is 1. The van der Waals surface area contributed by atoms with Crippen LogP contribution in [0.15, 0.2) is 24.3 Å². The third kappa shape index (κ3) is 3.12. The summed E-state index contributed by atoms with van der Waals surface area (Å²) in [7, 11) is 0. The third-order valence-electron chi connectivity index (χ3n) is 4.41. The van der Waals surface area contributed by atoms with E-state index in [0.717, 1.165) is 36.4 Å². The van der Waals surface area contributed by atoms with Gasteiger partial charge in [-0.25, -0.2) is 0 Å². The highest BCUT2D eigenvalue weighted by atomic mass is 16.5. The largest absolute Gasteiger partial charge is 0.492 e. The first kappa shape index (κ1) is 13.4. The monoisotopic (exact) mass is 274 g/mol. The molecule has 4 heteroatoms. The van der Waals surface area contributed by atoms with E-state index in [2.05, 4.69) is 10.2 Å². The van der Waals surface area contributed by atoms with Gasteiger partial charge in [-0.2, -0.15) is 0 Å². The van der Waals surface area contributed by atoms with E-state index in [1.807, 2.05) is 24.3 Å². The van der Waals surface area contributed by atoms with Crippen LogP contribution in [0.5, 0.6) is 5.75 Å². The van der Waals surface area contributed by atoms with E-state index in [1.165, 1.54) is 32.9 Å². The van der Waals surface area contributed by atoms with Gasteiger partial charge in [-0.05, 0) is 48.9 Å². The first-order valence-corrected chi connectivity index (χ1v) is 7.43. The summed E-state index contributed by atoms with van der Waals surface area (Å²) in [5.74, 6) is 2.74.